The monoisotopic (exact) mass is 570 g/mol. The number of aromatic nitrogens is 8. The number of aryl methyl sites for hydroxylation is 4. The van der Waals surface area contributed by atoms with Gasteiger partial charge in [-0.2, -0.15) is 0 Å². The largest absolute Gasteiger partial charge is 0.907 e. The van der Waals surface area contributed by atoms with Crippen molar-refractivity contribution in [3.63, 3.8) is 0 Å². The molecule has 4 heterocycles. The van der Waals surface area contributed by atoms with Crippen LogP contribution in [-0.2, 0) is 36.3 Å². The highest BCUT2D eigenvalue weighted by atomic mass is 32.2. The Kier molecular flexibility index (Phi) is 24.3. The topological polar surface area (TPSA) is 205 Å². The van der Waals surface area contributed by atoms with E-state index in [0.717, 1.165) is 26.2 Å². The number of H-pyrrole nitrogens is 4. The van der Waals surface area contributed by atoms with Crippen LogP contribution in [0.25, 0.3) is 0 Å². The van der Waals surface area contributed by atoms with Gasteiger partial charge in [-0.1, -0.05) is 6.92 Å². The fraction of sp³-hybridized carbons (Fsp3) is 0.478. The number of hydrogen-bond acceptors (Lipinski definition) is 6. The molecule has 0 aromatic carbocycles. The molecule has 4 aromatic rings. The summed E-state index contributed by atoms with van der Waals surface area (Å²) < 4.78 is 37.3. The number of rotatable bonds is 6. The summed E-state index contributed by atoms with van der Waals surface area (Å²) in [5, 5.41) is 25.2. The van der Waals surface area contributed by atoms with Gasteiger partial charge >= 0.3 is 0 Å². The van der Waals surface area contributed by atoms with E-state index in [9.17, 15) is 13.0 Å². The second kappa shape index (κ2) is 25.0. The Morgan fingerprint density at radius 2 is 0.821 bits per heavy atom. The molecule has 16 heteroatoms. The zero-order valence-corrected chi connectivity index (χ0v) is 24.2. The van der Waals surface area contributed by atoms with Gasteiger partial charge in [0.15, 0.2) is 0 Å². The quantitative estimate of drug-likeness (QED) is 0.110. The van der Waals surface area contributed by atoms with Crippen LogP contribution in [0.5, 0.6) is 0 Å². The minimum Gasteiger partial charge on any atom is -0.907 e. The van der Waals surface area contributed by atoms with E-state index in [4.69, 9.17) is 15.1 Å². The SMILES string of the molecule is CCCS(=O)(=O)[O-].CC[n+]1cc[nH]c1.CC[n+]1cc[nH]c1.CC[n+]1cc[nH]c1.CC[n+]1cc[nH]c1.[O-]B([O-])[O-]. The molecule has 0 radical (unpaired) electrons. The molecule has 0 saturated heterocycles. The average Bonchev–Trinajstić information content (AvgIpc) is 3.73. The minimum atomic E-state index is -3.92. The van der Waals surface area contributed by atoms with E-state index in [0.29, 0.717) is 6.42 Å². The number of hydrogen-bond donors (Lipinski definition) is 4. The van der Waals surface area contributed by atoms with Crippen LogP contribution in [0.4, 0.5) is 0 Å². The highest BCUT2D eigenvalue weighted by Gasteiger charge is 1.88. The number of nitrogens with zero attached hydrogens (tertiary/aromatic N) is 4. The zero-order chi connectivity index (χ0) is 29.9. The van der Waals surface area contributed by atoms with E-state index < -0.39 is 17.4 Å². The Balaban J connectivity index is 0. The average molecular weight is 571 g/mol. The lowest BCUT2D eigenvalue weighted by Crippen LogP contribution is -2.56. The van der Waals surface area contributed by atoms with E-state index in [1.165, 1.54) is 0 Å². The minimum absolute atomic E-state index is 0.243. The molecule has 4 aromatic heterocycles. The van der Waals surface area contributed by atoms with Gasteiger partial charge in [0, 0.05) is 5.75 Å². The van der Waals surface area contributed by atoms with E-state index in [1.54, 1.807) is 6.92 Å². The number of nitrogens with one attached hydrogen (secondary N) is 4. The van der Waals surface area contributed by atoms with Gasteiger partial charge in [0.25, 0.3) is 0 Å². The van der Waals surface area contributed by atoms with Gasteiger partial charge in [-0.3, -0.25) is 27.3 Å². The second-order valence-corrected chi connectivity index (χ2v) is 8.84. The zero-order valence-electron chi connectivity index (χ0n) is 23.4. The normalized spacial score (nSPS) is 9.46. The van der Waals surface area contributed by atoms with Gasteiger partial charge in [-0.25, -0.2) is 26.7 Å². The highest BCUT2D eigenvalue weighted by molar-refractivity contribution is 7.85. The first-order chi connectivity index (χ1) is 18.5. The Bertz CT molecular complexity index is 937. The molecule has 14 nitrogen and oxygen atoms in total. The summed E-state index contributed by atoms with van der Waals surface area (Å²) in [5.74, 6) is -0.243. The van der Waals surface area contributed by atoms with Gasteiger partial charge in [0.1, 0.15) is 49.6 Å². The van der Waals surface area contributed by atoms with Crippen molar-refractivity contribution in [3.05, 3.63) is 74.9 Å². The fourth-order valence-corrected chi connectivity index (χ4v) is 2.82. The molecule has 0 atom stereocenters. The number of aromatic amines is 4. The third-order valence-electron chi connectivity index (χ3n) is 4.33. The molecule has 0 bridgehead atoms. The molecule has 0 aliphatic carbocycles. The Morgan fingerprint density at radius 3 is 0.872 bits per heavy atom. The van der Waals surface area contributed by atoms with Crippen molar-refractivity contribution >= 4 is 17.4 Å². The van der Waals surface area contributed by atoms with Gasteiger partial charge in [-0.15, -0.1) is 0 Å². The molecule has 0 saturated carbocycles. The Morgan fingerprint density at radius 1 is 0.590 bits per heavy atom. The van der Waals surface area contributed by atoms with Crippen LogP contribution in [0, 0.1) is 0 Å². The van der Waals surface area contributed by atoms with Crippen LogP contribution in [-0.4, -0.2) is 46.0 Å². The van der Waals surface area contributed by atoms with E-state index >= 15 is 0 Å². The molecule has 0 unspecified atom stereocenters. The van der Waals surface area contributed by atoms with Crippen molar-refractivity contribution in [2.24, 2.45) is 0 Å². The molecule has 0 aliphatic heterocycles. The molecule has 39 heavy (non-hydrogen) atoms. The van der Waals surface area contributed by atoms with Crippen LogP contribution in [0.2, 0.25) is 0 Å². The summed E-state index contributed by atoms with van der Waals surface area (Å²) in [4.78, 5) is 11.8. The van der Waals surface area contributed by atoms with E-state index in [-0.39, 0.29) is 5.75 Å². The molecule has 0 spiro atoms. The summed E-state index contributed by atoms with van der Waals surface area (Å²) in [6.07, 6.45) is 23.8. The predicted molar refractivity (Wildman–Crippen MR) is 137 cm³/mol. The van der Waals surface area contributed by atoms with Gasteiger partial charge in [-0.05, 0) is 34.1 Å². The van der Waals surface area contributed by atoms with Crippen molar-refractivity contribution in [1.29, 1.82) is 0 Å². The molecule has 0 fully saturated rings. The van der Waals surface area contributed by atoms with Gasteiger partial charge in [0.05, 0.1) is 36.3 Å². The number of imidazole rings is 4. The van der Waals surface area contributed by atoms with E-state index in [2.05, 4.69) is 65.9 Å². The lowest BCUT2D eigenvalue weighted by atomic mass is 10.3. The van der Waals surface area contributed by atoms with Crippen molar-refractivity contribution in [3.8, 4) is 0 Å². The van der Waals surface area contributed by atoms with Crippen molar-refractivity contribution in [1.82, 2.24) is 19.9 Å². The summed E-state index contributed by atoms with van der Waals surface area (Å²) >= 11 is 0. The standard InChI is InChI=1S/4C5H8N2.C3H8O3S.BO3/c4*1-2-7-4-3-6-5-7;1-2-3-7(4,5)6;2-1(3)4/h4*3-5H,2H2,1H3;2-3H2,1H3,(H,4,5,6);/q;;;;;-3/p+3. The van der Waals surface area contributed by atoms with Crippen LogP contribution in [0.3, 0.4) is 0 Å². The Labute approximate surface area is 231 Å². The Hall–Kier alpha value is -3.31. The van der Waals surface area contributed by atoms with Gasteiger partial charge in [0.2, 0.25) is 25.3 Å². The molecule has 220 valence electrons. The lowest BCUT2D eigenvalue weighted by molar-refractivity contribution is -0.692. The predicted octanol–water partition coefficient (Wildman–Crippen LogP) is -2.72. The molecule has 0 aliphatic rings. The third kappa shape index (κ3) is 27.5. The first-order valence-corrected chi connectivity index (χ1v) is 14.1. The summed E-state index contributed by atoms with van der Waals surface area (Å²) in [5.41, 5.74) is 0. The van der Waals surface area contributed by atoms with Crippen LogP contribution in [0.1, 0.15) is 41.0 Å². The van der Waals surface area contributed by atoms with E-state index in [1.807, 2.05) is 74.9 Å². The third-order valence-corrected chi connectivity index (χ3v) is 5.23. The first-order valence-electron chi connectivity index (χ1n) is 12.5. The maximum Gasteiger partial charge on any atom is 0.241 e. The fourth-order valence-electron chi connectivity index (χ4n) is 2.32. The molecular formula is C23H43BN8O6S. The van der Waals surface area contributed by atoms with Gasteiger partial charge < -0.3 is 19.6 Å². The highest BCUT2D eigenvalue weighted by Crippen LogP contribution is 1.83. The van der Waals surface area contributed by atoms with Crippen molar-refractivity contribution in [2.45, 2.75) is 67.2 Å². The smallest absolute Gasteiger partial charge is 0.241 e. The van der Waals surface area contributed by atoms with Crippen molar-refractivity contribution < 1.29 is 46.3 Å². The summed E-state index contributed by atoms with van der Waals surface area (Å²) in [6.45, 7) is 14.2. The molecular weight excluding hydrogens is 527 g/mol. The summed E-state index contributed by atoms with van der Waals surface area (Å²) in [7, 11) is -6.84. The van der Waals surface area contributed by atoms with Crippen molar-refractivity contribution in [2.75, 3.05) is 5.75 Å². The first kappa shape index (κ1) is 37.8. The maximum atomic E-state index is 9.68. The lowest BCUT2D eigenvalue weighted by Gasteiger charge is -2.35. The van der Waals surface area contributed by atoms with Crippen LogP contribution in [0.15, 0.2) is 74.9 Å². The molecule has 4 rings (SSSR count). The molecule has 4 N–H and O–H groups in total. The summed E-state index contributed by atoms with van der Waals surface area (Å²) in [6, 6.07) is 0. The van der Waals surface area contributed by atoms with Crippen LogP contribution >= 0.6 is 0 Å². The van der Waals surface area contributed by atoms with Crippen LogP contribution < -0.4 is 33.3 Å². The molecule has 0 amide bonds. The maximum absolute atomic E-state index is 9.68. The second-order valence-electron chi connectivity index (χ2n) is 7.32.